The van der Waals surface area contributed by atoms with E-state index in [2.05, 4.69) is 22.4 Å². The topological polar surface area (TPSA) is 74.1 Å². The number of benzene rings is 2. The van der Waals surface area contributed by atoms with Crippen LogP contribution in [-0.2, 0) is 9.59 Å². The van der Waals surface area contributed by atoms with Crippen molar-refractivity contribution in [2.24, 2.45) is 10.1 Å². The molecule has 2 aromatic carbocycles. The van der Waals surface area contributed by atoms with Crippen molar-refractivity contribution < 1.29 is 9.59 Å². The first-order valence-electron chi connectivity index (χ1n) is 10.8. The summed E-state index contributed by atoms with van der Waals surface area (Å²) >= 11 is 9.09. The largest absolute Gasteiger partial charge is 0.326 e. The summed E-state index contributed by atoms with van der Waals surface area (Å²) < 4.78 is 0. The van der Waals surface area contributed by atoms with Gasteiger partial charge in [-0.2, -0.15) is 10.1 Å². The molecular weight excluding hydrogens is 488 g/mol. The standard InChI is InChI=1S/C25H21ClN4O2S2/c1-15-9-10-17(12-18(15)26)27-23(31)14-22-24(32)28-25(34-22)30-20(16-6-3-2-4-7-16)13-19(29-30)21-8-5-11-33-21/h2-12,20,22H,13-14H2,1H3,(H,27,31)/t20-,22+/m0/s1. The molecule has 0 radical (unpaired) electrons. The lowest BCUT2D eigenvalue weighted by atomic mass is 10.0. The van der Waals surface area contributed by atoms with Crippen LogP contribution >= 0.6 is 34.7 Å². The predicted molar refractivity (Wildman–Crippen MR) is 140 cm³/mol. The van der Waals surface area contributed by atoms with Crippen molar-refractivity contribution in [1.29, 1.82) is 0 Å². The SMILES string of the molecule is Cc1ccc(NC(=O)C[C@H]2SC(N3N=C(c4cccs4)C[C@H]3c3ccccc3)=NC2=O)cc1Cl. The number of hydrazone groups is 1. The number of carbonyl (C=O) groups excluding carboxylic acids is 2. The van der Waals surface area contributed by atoms with Gasteiger partial charge in [0.25, 0.3) is 5.91 Å². The number of rotatable bonds is 5. The van der Waals surface area contributed by atoms with Crippen LogP contribution in [0.25, 0.3) is 0 Å². The average Bonchev–Trinajstić information content (AvgIpc) is 3.57. The number of hydrogen-bond acceptors (Lipinski definition) is 6. The van der Waals surface area contributed by atoms with E-state index in [0.29, 0.717) is 15.9 Å². The molecule has 2 atom stereocenters. The van der Waals surface area contributed by atoms with Crippen molar-refractivity contribution in [3.63, 3.8) is 0 Å². The van der Waals surface area contributed by atoms with Crippen molar-refractivity contribution in [3.05, 3.63) is 87.1 Å². The van der Waals surface area contributed by atoms with E-state index in [1.54, 1.807) is 23.5 Å². The fourth-order valence-corrected chi connectivity index (χ4v) is 5.83. The van der Waals surface area contributed by atoms with E-state index < -0.39 is 5.25 Å². The molecule has 2 aliphatic heterocycles. The van der Waals surface area contributed by atoms with Gasteiger partial charge in [0.05, 0.1) is 16.6 Å². The number of nitrogens with one attached hydrogen (secondary N) is 1. The summed E-state index contributed by atoms with van der Waals surface area (Å²) in [6, 6.07) is 19.4. The summed E-state index contributed by atoms with van der Waals surface area (Å²) in [5.41, 5.74) is 3.61. The Morgan fingerprint density at radius 3 is 2.74 bits per heavy atom. The highest BCUT2D eigenvalue weighted by Crippen LogP contribution is 2.39. The number of amides is 2. The van der Waals surface area contributed by atoms with Crippen LogP contribution in [0.2, 0.25) is 5.02 Å². The zero-order valence-electron chi connectivity index (χ0n) is 18.3. The number of thioether (sulfide) groups is 1. The van der Waals surface area contributed by atoms with Crippen molar-refractivity contribution >= 4 is 63.1 Å². The van der Waals surface area contributed by atoms with Crippen LogP contribution in [-0.4, -0.2) is 33.0 Å². The Hall–Kier alpha value is -2.94. The Kier molecular flexibility index (Phi) is 6.54. The number of anilines is 1. The van der Waals surface area contributed by atoms with Gasteiger partial charge >= 0.3 is 0 Å². The zero-order chi connectivity index (χ0) is 23.7. The summed E-state index contributed by atoms with van der Waals surface area (Å²) in [4.78, 5) is 30.7. The van der Waals surface area contributed by atoms with E-state index in [4.69, 9.17) is 16.7 Å². The number of nitrogens with zero attached hydrogens (tertiary/aromatic N) is 3. The molecule has 0 saturated carbocycles. The second-order valence-corrected chi connectivity index (χ2v) is 10.6. The molecule has 5 rings (SSSR count). The third kappa shape index (κ3) is 4.80. The molecule has 2 aliphatic rings. The number of hydrogen-bond donors (Lipinski definition) is 1. The predicted octanol–water partition coefficient (Wildman–Crippen LogP) is 5.89. The average molecular weight is 509 g/mol. The first-order valence-corrected chi connectivity index (χ1v) is 12.9. The Balaban J connectivity index is 1.31. The first kappa shape index (κ1) is 22.8. The monoisotopic (exact) mass is 508 g/mol. The number of amidine groups is 1. The van der Waals surface area contributed by atoms with Crippen LogP contribution in [0.4, 0.5) is 5.69 Å². The molecule has 9 heteroatoms. The van der Waals surface area contributed by atoms with Crippen LogP contribution in [0.15, 0.2) is 76.1 Å². The van der Waals surface area contributed by atoms with Gasteiger partial charge in [0.1, 0.15) is 5.25 Å². The second-order valence-electron chi connectivity index (χ2n) is 8.05. The summed E-state index contributed by atoms with van der Waals surface area (Å²) in [7, 11) is 0. The molecule has 1 N–H and O–H groups in total. The second kappa shape index (κ2) is 9.74. The zero-order valence-corrected chi connectivity index (χ0v) is 20.7. The van der Waals surface area contributed by atoms with Gasteiger partial charge in [0.2, 0.25) is 5.91 Å². The minimum absolute atomic E-state index is 0.0212. The summed E-state index contributed by atoms with van der Waals surface area (Å²) in [5, 5.41) is 12.1. The molecule has 2 amide bonds. The Morgan fingerprint density at radius 2 is 2.00 bits per heavy atom. The van der Waals surface area contributed by atoms with Gasteiger partial charge in [-0.15, -0.1) is 11.3 Å². The molecule has 0 aliphatic carbocycles. The summed E-state index contributed by atoms with van der Waals surface area (Å²) in [6.45, 7) is 1.90. The van der Waals surface area contributed by atoms with Crippen LogP contribution in [0.3, 0.4) is 0 Å². The number of halogens is 1. The van der Waals surface area contributed by atoms with Gasteiger partial charge < -0.3 is 5.32 Å². The minimum Gasteiger partial charge on any atom is -0.326 e. The molecule has 0 fully saturated rings. The van der Waals surface area contributed by atoms with Gasteiger partial charge in [0, 0.05) is 23.6 Å². The highest BCUT2D eigenvalue weighted by atomic mass is 35.5. The van der Waals surface area contributed by atoms with E-state index in [9.17, 15) is 9.59 Å². The minimum atomic E-state index is -0.590. The Morgan fingerprint density at radius 1 is 1.18 bits per heavy atom. The van der Waals surface area contributed by atoms with E-state index >= 15 is 0 Å². The van der Waals surface area contributed by atoms with Gasteiger partial charge in [0.15, 0.2) is 5.17 Å². The quantitative estimate of drug-likeness (QED) is 0.466. The van der Waals surface area contributed by atoms with Crippen molar-refractivity contribution in [2.45, 2.75) is 31.1 Å². The lowest BCUT2D eigenvalue weighted by Gasteiger charge is -2.23. The van der Waals surface area contributed by atoms with Crippen LogP contribution in [0, 0.1) is 6.92 Å². The smallest absolute Gasteiger partial charge is 0.262 e. The normalized spacial score (nSPS) is 19.8. The molecule has 3 aromatic rings. The molecule has 0 spiro atoms. The fourth-order valence-electron chi connectivity index (χ4n) is 3.87. The lowest BCUT2D eigenvalue weighted by Crippen LogP contribution is -2.25. The van der Waals surface area contributed by atoms with Crippen molar-refractivity contribution in [1.82, 2.24) is 5.01 Å². The maximum Gasteiger partial charge on any atom is 0.262 e. The Bertz CT molecular complexity index is 1290. The molecule has 34 heavy (non-hydrogen) atoms. The molecule has 3 heterocycles. The number of aliphatic imine (C=N–C) groups is 1. The third-order valence-electron chi connectivity index (χ3n) is 5.65. The maximum absolute atomic E-state index is 12.7. The molecule has 0 unspecified atom stereocenters. The third-order valence-corrected chi connectivity index (χ3v) is 8.12. The van der Waals surface area contributed by atoms with Gasteiger partial charge in [-0.25, -0.2) is 5.01 Å². The summed E-state index contributed by atoms with van der Waals surface area (Å²) in [6.07, 6.45) is 0.741. The lowest BCUT2D eigenvalue weighted by molar-refractivity contribution is -0.121. The maximum atomic E-state index is 12.7. The molecule has 1 aromatic heterocycles. The van der Waals surface area contributed by atoms with Crippen molar-refractivity contribution in [3.8, 4) is 0 Å². The first-order chi connectivity index (χ1) is 16.5. The van der Waals surface area contributed by atoms with Gasteiger partial charge in [-0.3, -0.25) is 9.59 Å². The van der Waals surface area contributed by atoms with Crippen molar-refractivity contribution in [2.75, 3.05) is 5.32 Å². The molecule has 6 nitrogen and oxygen atoms in total. The van der Waals surface area contributed by atoms with Gasteiger partial charge in [-0.05, 0) is 41.6 Å². The number of aryl methyl sites for hydroxylation is 1. The highest BCUT2D eigenvalue weighted by molar-refractivity contribution is 8.15. The molecule has 172 valence electrons. The van der Waals surface area contributed by atoms with Crippen LogP contribution in [0.5, 0.6) is 0 Å². The number of thiophene rings is 1. The van der Waals surface area contributed by atoms with Crippen LogP contribution < -0.4 is 5.32 Å². The molecule has 0 saturated heterocycles. The van der Waals surface area contributed by atoms with E-state index in [1.807, 2.05) is 53.7 Å². The number of carbonyl (C=O) groups is 2. The molecule has 0 bridgehead atoms. The summed E-state index contributed by atoms with van der Waals surface area (Å²) in [5.74, 6) is -0.574. The van der Waals surface area contributed by atoms with E-state index in [-0.39, 0.29) is 24.3 Å². The Labute approximate surface area is 210 Å². The molecular formula is C25H21ClN4O2S2. The van der Waals surface area contributed by atoms with Crippen LogP contribution in [0.1, 0.15) is 34.9 Å². The van der Waals surface area contributed by atoms with Gasteiger partial charge in [-0.1, -0.05) is 65.8 Å². The van der Waals surface area contributed by atoms with E-state index in [1.165, 1.54) is 11.8 Å². The fraction of sp³-hybridized carbons (Fsp3) is 0.200. The highest BCUT2D eigenvalue weighted by Gasteiger charge is 2.39. The van der Waals surface area contributed by atoms with E-state index in [0.717, 1.165) is 28.1 Å².